The first-order valence-electron chi connectivity index (χ1n) is 5.94. The van der Waals surface area contributed by atoms with E-state index in [1.165, 1.54) is 0 Å². The molecule has 1 saturated carbocycles. The first kappa shape index (κ1) is 13.0. The van der Waals surface area contributed by atoms with Crippen molar-refractivity contribution in [3.05, 3.63) is 11.9 Å². The minimum Gasteiger partial charge on any atom is -0.480 e. The van der Waals surface area contributed by atoms with Gasteiger partial charge in [0.05, 0.1) is 26.5 Å². The van der Waals surface area contributed by atoms with Crippen molar-refractivity contribution in [3.8, 4) is 11.8 Å². The van der Waals surface area contributed by atoms with Crippen LogP contribution in [-0.4, -0.2) is 24.2 Å². The fourth-order valence-electron chi connectivity index (χ4n) is 2.29. The Hall–Kier alpha value is -1.40. The molecular weight excluding hydrogens is 232 g/mol. The number of rotatable bonds is 5. The zero-order valence-electron chi connectivity index (χ0n) is 11.2. The molecule has 1 aliphatic carbocycles. The number of aromatic nitrogens is 2. The van der Waals surface area contributed by atoms with Crippen LogP contribution in [0.5, 0.6) is 11.8 Å². The van der Waals surface area contributed by atoms with Crippen molar-refractivity contribution in [1.82, 2.24) is 15.4 Å². The molecule has 1 aliphatic rings. The molecule has 6 nitrogen and oxygen atoms in total. The highest BCUT2D eigenvalue weighted by molar-refractivity contribution is 5.28. The number of hydrazine groups is 1. The molecule has 18 heavy (non-hydrogen) atoms. The van der Waals surface area contributed by atoms with Crippen molar-refractivity contribution in [2.24, 2.45) is 17.2 Å². The lowest BCUT2D eigenvalue weighted by atomic mass is 10.0. The van der Waals surface area contributed by atoms with Crippen LogP contribution in [0.4, 0.5) is 0 Å². The third-order valence-electron chi connectivity index (χ3n) is 3.61. The van der Waals surface area contributed by atoms with Gasteiger partial charge in [0.25, 0.3) is 0 Å². The van der Waals surface area contributed by atoms with E-state index in [2.05, 4.69) is 29.2 Å². The van der Waals surface area contributed by atoms with Crippen LogP contribution >= 0.6 is 0 Å². The second-order valence-electron chi connectivity index (χ2n) is 5.25. The summed E-state index contributed by atoms with van der Waals surface area (Å²) in [6.07, 6.45) is 2.69. The van der Waals surface area contributed by atoms with Gasteiger partial charge >= 0.3 is 0 Å². The quantitative estimate of drug-likeness (QED) is 0.602. The summed E-state index contributed by atoms with van der Waals surface area (Å²) < 4.78 is 10.3. The Morgan fingerprint density at radius 2 is 2.11 bits per heavy atom. The van der Waals surface area contributed by atoms with E-state index < -0.39 is 0 Å². The molecule has 1 aromatic heterocycles. The minimum atomic E-state index is -0.0478. The normalized spacial score (nSPS) is 22.4. The number of hydrogen-bond acceptors (Lipinski definition) is 6. The van der Waals surface area contributed by atoms with Gasteiger partial charge in [0.2, 0.25) is 11.8 Å². The van der Waals surface area contributed by atoms with Gasteiger partial charge in [0, 0.05) is 0 Å². The van der Waals surface area contributed by atoms with Crippen molar-refractivity contribution < 1.29 is 9.47 Å². The largest absolute Gasteiger partial charge is 0.480 e. The smallest absolute Gasteiger partial charge is 0.240 e. The number of nitrogens with zero attached hydrogens (tertiary/aromatic N) is 2. The molecule has 1 fully saturated rings. The molecule has 2 atom stereocenters. The van der Waals surface area contributed by atoms with Crippen LogP contribution in [0.15, 0.2) is 6.20 Å². The maximum Gasteiger partial charge on any atom is 0.240 e. The fraction of sp³-hybridized carbons (Fsp3) is 0.667. The molecule has 0 aromatic carbocycles. The summed E-state index contributed by atoms with van der Waals surface area (Å²) in [6, 6.07) is -0.0478. The molecule has 2 rings (SSSR count). The molecule has 2 unspecified atom stereocenters. The zero-order chi connectivity index (χ0) is 13.3. The highest BCUT2D eigenvalue weighted by Gasteiger charge is 2.51. The molecular formula is C12H20N4O2. The van der Waals surface area contributed by atoms with E-state index in [4.69, 9.17) is 15.3 Å². The standard InChI is InChI=1S/C12H20N4O2/c1-12(2)5-7(12)9(16-13)10-11(18-4)15-8(17-3)6-14-10/h6-7,9,16H,5,13H2,1-4H3. The van der Waals surface area contributed by atoms with Crippen LogP contribution in [0.3, 0.4) is 0 Å². The van der Waals surface area contributed by atoms with E-state index in [9.17, 15) is 0 Å². The zero-order valence-corrected chi connectivity index (χ0v) is 11.2. The highest BCUT2D eigenvalue weighted by Crippen LogP contribution is 2.57. The van der Waals surface area contributed by atoms with Crippen LogP contribution in [0, 0.1) is 11.3 Å². The van der Waals surface area contributed by atoms with E-state index in [1.54, 1.807) is 20.4 Å². The van der Waals surface area contributed by atoms with Crippen molar-refractivity contribution >= 4 is 0 Å². The van der Waals surface area contributed by atoms with Crippen LogP contribution in [0.1, 0.15) is 32.0 Å². The first-order valence-corrected chi connectivity index (χ1v) is 5.94. The van der Waals surface area contributed by atoms with E-state index in [0.717, 1.165) is 12.1 Å². The van der Waals surface area contributed by atoms with Crippen molar-refractivity contribution in [2.45, 2.75) is 26.3 Å². The van der Waals surface area contributed by atoms with Crippen molar-refractivity contribution in [3.63, 3.8) is 0 Å². The van der Waals surface area contributed by atoms with Gasteiger partial charge in [0.1, 0.15) is 5.69 Å². The number of ether oxygens (including phenoxy) is 2. The lowest BCUT2D eigenvalue weighted by Gasteiger charge is -2.19. The van der Waals surface area contributed by atoms with E-state index >= 15 is 0 Å². The van der Waals surface area contributed by atoms with Crippen LogP contribution in [0.2, 0.25) is 0 Å². The summed E-state index contributed by atoms with van der Waals surface area (Å²) in [7, 11) is 3.12. The second kappa shape index (κ2) is 4.70. The Balaban J connectivity index is 2.31. The van der Waals surface area contributed by atoms with E-state index in [-0.39, 0.29) is 11.5 Å². The summed E-state index contributed by atoms with van der Waals surface area (Å²) in [5.41, 5.74) is 3.84. The molecule has 0 spiro atoms. The molecule has 0 radical (unpaired) electrons. The third-order valence-corrected chi connectivity index (χ3v) is 3.61. The average molecular weight is 252 g/mol. The lowest BCUT2D eigenvalue weighted by Crippen LogP contribution is -2.31. The molecule has 100 valence electrons. The average Bonchev–Trinajstić information content (AvgIpc) is 2.99. The molecule has 3 N–H and O–H groups in total. The Labute approximate surface area is 107 Å². The molecule has 0 amide bonds. The predicted molar refractivity (Wildman–Crippen MR) is 67.1 cm³/mol. The Bertz CT molecular complexity index is 436. The lowest BCUT2D eigenvalue weighted by molar-refractivity contribution is 0.338. The van der Waals surface area contributed by atoms with E-state index in [1.807, 2.05) is 0 Å². The minimum absolute atomic E-state index is 0.0478. The molecule has 0 aliphatic heterocycles. The van der Waals surface area contributed by atoms with Gasteiger partial charge in [-0.2, -0.15) is 4.98 Å². The Kier molecular flexibility index (Phi) is 3.41. The summed E-state index contributed by atoms with van der Waals surface area (Å²) >= 11 is 0. The monoisotopic (exact) mass is 252 g/mol. The van der Waals surface area contributed by atoms with Crippen molar-refractivity contribution in [2.75, 3.05) is 14.2 Å². The summed E-state index contributed by atoms with van der Waals surface area (Å²) in [5.74, 6) is 6.99. The van der Waals surface area contributed by atoms with Crippen LogP contribution in [0.25, 0.3) is 0 Å². The van der Waals surface area contributed by atoms with Gasteiger partial charge in [-0.05, 0) is 17.8 Å². The molecule has 0 bridgehead atoms. The first-order chi connectivity index (χ1) is 8.53. The topological polar surface area (TPSA) is 82.3 Å². The molecule has 1 heterocycles. The van der Waals surface area contributed by atoms with Crippen LogP contribution in [-0.2, 0) is 0 Å². The SMILES string of the molecule is COc1cnc(C(NN)C2CC2(C)C)c(OC)n1. The molecule has 0 saturated heterocycles. The summed E-state index contributed by atoms with van der Waals surface area (Å²) in [4.78, 5) is 8.60. The number of hydrogen-bond donors (Lipinski definition) is 2. The molecule has 6 heteroatoms. The van der Waals surface area contributed by atoms with Gasteiger partial charge < -0.3 is 9.47 Å². The fourth-order valence-corrected chi connectivity index (χ4v) is 2.29. The maximum atomic E-state index is 5.66. The number of nitrogens with one attached hydrogen (secondary N) is 1. The van der Waals surface area contributed by atoms with Gasteiger partial charge in [-0.1, -0.05) is 13.8 Å². The van der Waals surface area contributed by atoms with Crippen LogP contribution < -0.4 is 20.7 Å². The predicted octanol–water partition coefficient (Wildman–Crippen LogP) is 1.04. The Morgan fingerprint density at radius 3 is 2.56 bits per heavy atom. The maximum absolute atomic E-state index is 5.66. The number of methoxy groups -OCH3 is 2. The summed E-state index contributed by atoms with van der Waals surface area (Å²) in [6.45, 7) is 4.43. The van der Waals surface area contributed by atoms with Crippen molar-refractivity contribution in [1.29, 1.82) is 0 Å². The Morgan fingerprint density at radius 1 is 1.44 bits per heavy atom. The number of nitrogens with two attached hydrogens (primary N) is 1. The highest BCUT2D eigenvalue weighted by atomic mass is 16.5. The van der Waals surface area contributed by atoms with Gasteiger partial charge in [-0.15, -0.1) is 0 Å². The summed E-state index contributed by atoms with van der Waals surface area (Å²) in [5, 5.41) is 0. The third kappa shape index (κ3) is 2.26. The second-order valence-corrected chi connectivity index (χ2v) is 5.25. The van der Waals surface area contributed by atoms with Gasteiger partial charge in [-0.25, -0.2) is 4.98 Å². The van der Waals surface area contributed by atoms with E-state index in [0.29, 0.717) is 17.7 Å². The molecule has 1 aromatic rings. The van der Waals surface area contributed by atoms with Gasteiger partial charge in [-0.3, -0.25) is 11.3 Å². The van der Waals surface area contributed by atoms with Gasteiger partial charge in [0.15, 0.2) is 0 Å².